The highest BCUT2D eigenvalue weighted by molar-refractivity contribution is 5.23. The van der Waals surface area contributed by atoms with Gasteiger partial charge in [0.25, 0.3) is 0 Å². The SMILES string of the molecule is CC(C)(C)C1=C(C(C)(C)C)N=[N+]=N1. The lowest BCUT2D eigenvalue weighted by Crippen LogP contribution is -2.15. The predicted molar refractivity (Wildman–Crippen MR) is 52.9 cm³/mol. The summed E-state index contributed by atoms with van der Waals surface area (Å²) in [6.07, 6.45) is 0. The Kier molecular flexibility index (Phi) is 2.16. The van der Waals surface area contributed by atoms with Crippen LogP contribution in [0.4, 0.5) is 0 Å². The molecule has 0 spiro atoms. The molecule has 0 aromatic rings. The van der Waals surface area contributed by atoms with Gasteiger partial charge in [-0.2, -0.15) is 0 Å². The van der Waals surface area contributed by atoms with Gasteiger partial charge in [-0.15, -0.1) is 0 Å². The monoisotopic (exact) mass is 180 g/mol. The van der Waals surface area contributed by atoms with E-state index in [1.807, 2.05) is 0 Å². The molecule has 0 saturated carbocycles. The van der Waals surface area contributed by atoms with Crippen LogP contribution in [0.5, 0.6) is 0 Å². The molecular weight excluding hydrogens is 162 g/mol. The maximum Gasteiger partial charge on any atom is 0.228 e. The van der Waals surface area contributed by atoms with Gasteiger partial charge in [-0.1, -0.05) is 41.5 Å². The summed E-state index contributed by atoms with van der Waals surface area (Å²) < 4.78 is 0. The van der Waals surface area contributed by atoms with Gasteiger partial charge in [-0.05, 0) is 0 Å². The van der Waals surface area contributed by atoms with E-state index >= 15 is 0 Å². The molecule has 0 saturated heterocycles. The van der Waals surface area contributed by atoms with Crippen LogP contribution >= 0.6 is 0 Å². The van der Waals surface area contributed by atoms with Gasteiger partial charge in [0.1, 0.15) is 0 Å². The lowest BCUT2D eigenvalue weighted by molar-refractivity contribution is 0.442. The van der Waals surface area contributed by atoms with Gasteiger partial charge in [-0.25, -0.2) is 0 Å². The van der Waals surface area contributed by atoms with E-state index < -0.39 is 0 Å². The van der Waals surface area contributed by atoms with E-state index in [9.17, 15) is 0 Å². The molecule has 13 heavy (non-hydrogen) atoms. The Morgan fingerprint density at radius 3 is 1.31 bits per heavy atom. The number of allylic oxidation sites excluding steroid dienone is 2. The molecule has 0 fully saturated rings. The minimum absolute atomic E-state index is 0.0338. The molecule has 0 atom stereocenters. The van der Waals surface area contributed by atoms with E-state index in [2.05, 4.69) is 56.7 Å². The van der Waals surface area contributed by atoms with Gasteiger partial charge in [0.15, 0.2) is 21.6 Å². The van der Waals surface area contributed by atoms with Crippen molar-refractivity contribution in [3.63, 3.8) is 0 Å². The van der Waals surface area contributed by atoms with E-state index in [1.54, 1.807) is 0 Å². The molecule has 1 aliphatic heterocycles. The fraction of sp³-hybridized carbons (Fsp3) is 0.800. The average molecular weight is 180 g/mol. The van der Waals surface area contributed by atoms with Crippen molar-refractivity contribution in [2.75, 3.05) is 0 Å². The van der Waals surface area contributed by atoms with Crippen molar-refractivity contribution < 1.29 is 0 Å². The van der Waals surface area contributed by atoms with Crippen LogP contribution < -0.4 is 4.91 Å². The van der Waals surface area contributed by atoms with Crippen LogP contribution in [0.15, 0.2) is 21.6 Å². The molecule has 1 aliphatic rings. The normalized spacial score (nSPS) is 17.4. The first-order valence-corrected chi connectivity index (χ1v) is 4.60. The average Bonchev–Trinajstić information content (AvgIpc) is 2.27. The standard InChI is InChI=1S/C10H18N3/c1-9(2,3)7-8(10(4,5)6)12-13-11-7/h1-6H3/q+1. The number of nitrogens with zero attached hydrogens (tertiary/aromatic N) is 3. The Labute approximate surface area is 79.7 Å². The summed E-state index contributed by atoms with van der Waals surface area (Å²) in [7, 11) is 0. The summed E-state index contributed by atoms with van der Waals surface area (Å²) in [5, 5.41) is 8.19. The van der Waals surface area contributed by atoms with Crippen LogP contribution in [0.3, 0.4) is 0 Å². The highest BCUT2D eigenvalue weighted by atomic mass is 15.3. The van der Waals surface area contributed by atoms with Gasteiger partial charge >= 0.3 is 0 Å². The van der Waals surface area contributed by atoms with Gasteiger partial charge in [0, 0.05) is 10.8 Å². The van der Waals surface area contributed by atoms with Crippen molar-refractivity contribution >= 4 is 0 Å². The minimum Gasteiger partial charge on any atom is -0.0542 e. The Morgan fingerprint density at radius 2 is 1.08 bits per heavy atom. The lowest BCUT2D eigenvalue weighted by Gasteiger charge is -2.20. The van der Waals surface area contributed by atoms with E-state index in [-0.39, 0.29) is 10.8 Å². The van der Waals surface area contributed by atoms with Crippen molar-refractivity contribution in [1.29, 1.82) is 0 Å². The second-order valence-corrected chi connectivity index (χ2v) is 5.49. The zero-order chi connectivity index (χ0) is 10.3. The highest BCUT2D eigenvalue weighted by Gasteiger charge is 2.36. The maximum absolute atomic E-state index is 4.09. The molecule has 0 N–H and O–H groups in total. The molecule has 0 unspecified atom stereocenters. The summed E-state index contributed by atoms with van der Waals surface area (Å²) in [4.78, 5) is 3.76. The molecule has 0 amide bonds. The Bertz CT molecular complexity index is 276. The summed E-state index contributed by atoms with van der Waals surface area (Å²) in [6, 6.07) is 0. The first kappa shape index (κ1) is 10.1. The molecule has 1 heterocycles. The Balaban J connectivity index is 3.16. The third kappa shape index (κ3) is 2.04. The molecule has 1 rings (SSSR count). The van der Waals surface area contributed by atoms with E-state index in [0.717, 1.165) is 11.4 Å². The van der Waals surface area contributed by atoms with Crippen LogP contribution in [0.2, 0.25) is 0 Å². The van der Waals surface area contributed by atoms with E-state index in [1.165, 1.54) is 0 Å². The van der Waals surface area contributed by atoms with Crippen molar-refractivity contribution in [2.24, 2.45) is 21.1 Å². The first-order valence-electron chi connectivity index (χ1n) is 4.60. The second kappa shape index (κ2) is 2.78. The Hall–Kier alpha value is -0.950. The van der Waals surface area contributed by atoms with Crippen LogP contribution in [0.1, 0.15) is 41.5 Å². The quantitative estimate of drug-likeness (QED) is 0.513. The molecule has 0 radical (unpaired) electrons. The van der Waals surface area contributed by atoms with Crippen molar-refractivity contribution in [3.05, 3.63) is 11.4 Å². The first-order chi connectivity index (χ1) is 5.73. The number of hydrogen-bond acceptors (Lipinski definition) is 2. The summed E-state index contributed by atoms with van der Waals surface area (Å²) >= 11 is 0. The van der Waals surface area contributed by atoms with Crippen LogP contribution in [0, 0.1) is 10.8 Å². The molecule has 3 heteroatoms. The highest BCUT2D eigenvalue weighted by Crippen LogP contribution is 2.38. The van der Waals surface area contributed by atoms with E-state index in [0.29, 0.717) is 0 Å². The molecular formula is C10H18N3+. The molecule has 0 bridgehead atoms. The summed E-state index contributed by atoms with van der Waals surface area (Å²) in [5.74, 6) is 0. The molecule has 0 aliphatic carbocycles. The number of hydrogen-bond donors (Lipinski definition) is 0. The predicted octanol–water partition coefficient (Wildman–Crippen LogP) is 3.28. The van der Waals surface area contributed by atoms with Crippen molar-refractivity contribution in [1.82, 2.24) is 4.91 Å². The molecule has 3 nitrogen and oxygen atoms in total. The van der Waals surface area contributed by atoms with Gasteiger partial charge in [-0.3, -0.25) is 0 Å². The van der Waals surface area contributed by atoms with Gasteiger partial charge in [0.05, 0.1) is 0 Å². The van der Waals surface area contributed by atoms with Gasteiger partial charge < -0.3 is 0 Å². The van der Waals surface area contributed by atoms with Crippen molar-refractivity contribution in [2.45, 2.75) is 41.5 Å². The lowest BCUT2D eigenvalue weighted by atomic mass is 9.83. The summed E-state index contributed by atoms with van der Waals surface area (Å²) in [6.45, 7) is 12.8. The topological polar surface area (TPSA) is 38.8 Å². The molecule has 0 aromatic heterocycles. The third-order valence-electron chi connectivity index (χ3n) is 1.93. The largest absolute Gasteiger partial charge is 0.228 e. The zero-order valence-corrected chi connectivity index (χ0v) is 9.34. The molecule has 72 valence electrons. The minimum atomic E-state index is 0.0338. The summed E-state index contributed by atoms with van der Waals surface area (Å²) in [5.41, 5.74) is 2.10. The smallest absolute Gasteiger partial charge is 0.0542 e. The fourth-order valence-corrected chi connectivity index (χ4v) is 1.22. The van der Waals surface area contributed by atoms with Crippen LogP contribution in [0.25, 0.3) is 0 Å². The van der Waals surface area contributed by atoms with E-state index in [4.69, 9.17) is 0 Å². The van der Waals surface area contributed by atoms with Crippen molar-refractivity contribution in [3.8, 4) is 0 Å². The molecule has 0 aromatic carbocycles. The third-order valence-corrected chi connectivity index (χ3v) is 1.93. The van der Waals surface area contributed by atoms with Gasteiger partial charge in [0.2, 0.25) is 4.91 Å². The second-order valence-electron chi connectivity index (χ2n) is 5.49. The number of rotatable bonds is 0. The zero-order valence-electron chi connectivity index (χ0n) is 9.34. The fourth-order valence-electron chi connectivity index (χ4n) is 1.22. The Morgan fingerprint density at radius 1 is 0.769 bits per heavy atom. The van der Waals surface area contributed by atoms with Crippen LogP contribution in [-0.2, 0) is 0 Å². The maximum atomic E-state index is 4.09. The van der Waals surface area contributed by atoms with Crippen LogP contribution in [-0.4, -0.2) is 0 Å².